The second kappa shape index (κ2) is 7.30. The minimum Gasteiger partial charge on any atom is -0.337 e. The number of benzene rings is 2. The normalized spacial score (nSPS) is 10.8. The Labute approximate surface area is 155 Å². The molecule has 1 N–H and O–H groups in total. The maximum absolute atomic E-state index is 12.5. The Morgan fingerprint density at radius 3 is 2.76 bits per heavy atom. The van der Waals surface area contributed by atoms with Gasteiger partial charge >= 0.3 is 0 Å². The molecule has 25 heavy (non-hydrogen) atoms. The molecule has 0 saturated heterocycles. The largest absolute Gasteiger partial charge is 0.337 e. The molecular weight excluding hydrogens is 359 g/mol. The van der Waals surface area contributed by atoms with E-state index in [1.807, 2.05) is 25.1 Å². The molecule has 0 aliphatic heterocycles. The Balaban J connectivity index is 1.93. The van der Waals surface area contributed by atoms with Crippen LogP contribution in [0.1, 0.15) is 22.8 Å². The predicted octanol–water partition coefficient (Wildman–Crippen LogP) is 4.96. The third-order valence-corrected chi connectivity index (χ3v) is 4.60. The molecule has 0 saturated carbocycles. The van der Waals surface area contributed by atoms with Crippen molar-refractivity contribution in [3.8, 4) is 0 Å². The van der Waals surface area contributed by atoms with Crippen molar-refractivity contribution in [2.75, 3.05) is 5.32 Å². The predicted molar refractivity (Wildman–Crippen MR) is 102 cm³/mol. The summed E-state index contributed by atoms with van der Waals surface area (Å²) in [6.45, 7) is 2.11. The Morgan fingerprint density at radius 1 is 1.24 bits per heavy atom. The van der Waals surface area contributed by atoms with Crippen LogP contribution in [0.15, 0.2) is 42.6 Å². The summed E-state index contributed by atoms with van der Waals surface area (Å²) in [5.41, 5.74) is 3.01. The molecule has 0 aliphatic carbocycles. The summed E-state index contributed by atoms with van der Waals surface area (Å²) in [4.78, 5) is 23.8. The fraction of sp³-hybridized carbons (Fsp3) is 0.158. The van der Waals surface area contributed by atoms with Crippen LogP contribution in [0.25, 0.3) is 10.9 Å². The van der Waals surface area contributed by atoms with Crippen LogP contribution in [0.5, 0.6) is 0 Å². The van der Waals surface area contributed by atoms with Crippen molar-refractivity contribution in [3.05, 3.63) is 63.8 Å². The molecule has 0 radical (unpaired) electrons. The van der Waals surface area contributed by atoms with Crippen LogP contribution in [0, 0.1) is 0 Å². The molecule has 3 aromatic rings. The summed E-state index contributed by atoms with van der Waals surface area (Å²) >= 11 is 12.0. The van der Waals surface area contributed by atoms with Gasteiger partial charge in [-0.05, 0) is 30.2 Å². The summed E-state index contributed by atoms with van der Waals surface area (Å²) in [7, 11) is 0. The topological polar surface area (TPSA) is 51.1 Å². The highest BCUT2D eigenvalue weighted by atomic mass is 35.5. The van der Waals surface area contributed by atoms with E-state index in [1.54, 1.807) is 29.0 Å². The van der Waals surface area contributed by atoms with Gasteiger partial charge in [-0.25, -0.2) is 0 Å². The highest BCUT2D eigenvalue weighted by Gasteiger charge is 2.14. The Bertz CT molecular complexity index is 963. The van der Waals surface area contributed by atoms with E-state index in [0.29, 0.717) is 21.3 Å². The van der Waals surface area contributed by atoms with Gasteiger partial charge in [-0.2, -0.15) is 0 Å². The van der Waals surface area contributed by atoms with Crippen molar-refractivity contribution < 1.29 is 9.59 Å². The molecule has 0 atom stereocenters. The number of carbonyl (C=O) groups is 2. The number of para-hydroxylation sites is 1. The SMILES string of the molecule is CCc1cccc2c(C=O)cn(CC(=O)Nc3cc(Cl)ccc3Cl)c12. The Kier molecular flexibility index (Phi) is 5.11. The van der Waals surface area contributed by atoms with Crippen molar-refractivity contribution in [1.82, 2.24) is 4.57 Å². The van der Waals surface area contributed by atoms with Gasteiger partial charge in [0.1, 0.15) is 6.54 Å². The maximum Gasteiger partial charge on any atom is 0.244 e. The quantitative estimate of drug-likeness (QED) is 0.641. The molecule has 0 unspecified atom stereocenters. The first-order valence-corrected chi connectivity index (χ1v) is 8.60. The molecule has 0 fully saturated rings. The number of nitrogens with one attached hydrogen (secondary N) is 1. The van der Waals surface area contributed by atoms with Gasteiger partial charge in [-0.3, -0.25) is 9.59 Å². The lowest BCUT2D eigenvalue weighted by molar-refractivity contribution is -0.116. The van der Waals surface area contributed by atoms with Gasteiger partial charge in [0.2, 0.25) is 5.91 Å². The number of rotatable bonds is 5. The van der Waals surface area contributed by atoms with Crippen molar-refractivity contribution in [3.63, 3.8) is 0 Å². The van der Waals surface area contributed by atoms with Crippen molar-refractivity contribution >= 4 is 52.0 Å². The molecular formula is C19H16Cl2N2O2. The van der Waals surface area contributed by atoms with Crippen LogP contribution in [-0.2, 0) is 17.8 Å². The van der Waals surface area contributed by atoms with Crippen LogP contribution in [0.4, 0.5) is 5.69 Å². The number of hydrogen-bond donors (Lipinski definition) is 1. The second-order valence-electron chi connectivity index (χ2n) is 5.67. The highest BCUT2D eigenvalue weighted by molar-refractivity contribution is 6.35. The summed E-state index contributed by atoms with van der Waals surface area (Å²) < 4.78 is 1.80. The second-order valence-corrected chi connectivity index (χ2v) is 6.51. The highest BCUT2D eigenvalue weighted by Crippen LogP contribution is 2.27. The number of nitrogens with zero attached hydrogens (tertiary/aromatic N) is 1. The lowest BCUT2D eigenvalue weighted by Crippen LogP contribution is -2.18. The number of halogens is 2. The van der Waals surface area contributed by atoms with Crippen LogP contribution < -0.4 is 5.32 Å². The third-order valence-electron chi connectivity index (χ3n) is 4.04. The molecule has 0 bridgehead atoms. The molecule has 0 spiro atoms. The fourth-order valence-electron chi connectivity index (χ4n) is 2.91. The van der Waals surface area contributed by atoms with Crippen LogP contribution >= 0.6 is 23.2 Å². The molecule has 2 aromatic carbocycles. The van der Waals surface area contributed by atoms with E-state index in [1.165, 1.54) is 0 Å². The zero-order valence-electron chi connectivity index (χ0n) is 13.6. The molecule has 0 aliphatic rings. The van der Waals surface area contributed by atoms with E-state index < -0.39 is 0 Å². The number of aryl methyl sites for hydroxylation is 1. The average molecular weight is 375 g/mol. The van der Waals surface area contributed by atoms with E-state index in [4.69, 9.17) is 23.2 Å². The van der Waals surface area contributed by atoms with Crippen LogP contribution in [0.2, 0.25) is 10.0 Å². The molecule has 1 aromatic heterocycles. The van der Waals surface area contributed by atoms with E-state index in [0.717, 1.165) is 29.2 Å². The van der Waals surface area contributed by atoms with Gasteiger partial charge in [-0.1, -0.05) is 48.3 Å². The fourth-order valence-corrected chi connectivity index (χ4v) is 3.24. The summed E-state index contributed by atoms with van der Waals surface area (Å²) in [5.74, 6) is -0.246. The standard InChI is InChI=1S/C19H16Cl2N2O2/c1-2-12-4-3-5-15-13(11-24)9-23(19(12)15)10-18(25)22-17-8-14(20)6-7-16(17)21/h3-9,11H,2,10H2,1H3,(H,22,25). The first-order valence-electron chi connectivity index (χ1n) is 7.84. The van der Waals surface area contributed by atoms with Gasteiger partial charge in [0.25, 0.3) is 0 Å². The smallest absolute Gasteiger partial charge is 0.244 e. The Morgan fingerprint density at radius 2 is 2.04 bits per heavy atom. The number of anilines is 1. The third kappa shape index (κ3) is 3.55. The van der Waals surface area contributed by atoms with Crippen molar-refractivity contribution in [2.45, 2.75) is 19.9 Å². The minimum atomic E-state index is -0.246. The minimum absolute atomic E-state index is 0.0736. The van der Waals surface area contributed by atoms with Gasteiger partial charge in [0.05, 0.1) is 16.2 Å². The van der Waals surface area contributed by atoms with E-state index >= 15 is 0 Å². The summed E-state index contributed by atoms with van der Waals surface area (Å²) in [6.07, 6.45) is 3.32. The number of carbonyl (C=O) groups excluding carboxylic acids is 2. The van der Waals surface area contributed by atoms with Crippen molar-refractivity contribution in [2.24, 2.45) is 0 Å². The van der Waals surface area contributed by atoms with Gasteiger partial charge in [0.15, 0.2) is 6.29 Å². The number of aromatic nitrogens is 1. The Hall–Kier alpha value is -2.30. The van der Waals surface area contributed by atoms with Gasteiger partial charge < -0.3 is 9.88 Å². The van der Waals surface area contributed by atoms with Crippen molar-refractivity contribution in [1.29, 1.82) is 0 Å². The first-order chi connectivity index (χ1) is 12.0. The van der Waals surface area contributed by atoms with Crippen LogP contribution in [-0.4, -0.2) is 16.8 Å². The van der Waals surface area contributed by atoms with Gasteiger partial charge in [0, 0.05) is 22.2 Å². The molecule has 6 heteroatoms. The van der Waals surface area contributed by atoms with E-state index in [2.05, 4.69) is 5.32 Å². The number of hydrogen-bond acceptors (Lipinski definition) is 2. The zero-order valence-corrected chi connectivity index (χ0v) is 15.1. The lowest BCUT2D eigenvalue weighted by atomic mass is 10.1. The lowest BCUT2D eigenvalue weighted by Gasteiger charge is -2.11. The number of fused-ring (bicyclic) bond motifs is 1. The number of aldehydes is 1. The van der Waals surface area contributed by atoms with E-state index in [9.17, 15) is 9.59 Å². The molecule has 1 heterocycles. The summed E-state index contributed by atoms with van der Waals surface area (Å²) in [5, 5.41) is 4.52. The average Bonchev–Trinajstić information content (AvgIpc) is 2.96. The van der Waals surface area contributed by atoms with E-state index in [-0.39, 0.29) is 12.5 Å². The molecule has 128 valence electrons. The molecule has 4 nitrogen and oxygen atoms in total. The van der Waals surface area contributed by atoms with Crippen LogP contribution in [0.3, 0.4) is 0 Å². The molecule has 3 rings (SSSR count). The zero-order chi connectivity index (χ0) is 18.0. The van der Waals surface area contributed by atoms with Gasteiger partial charge in [-0.15, -0.1) is 0 Å². The molecule has 1 amide bonds. The first kappa shape index (κ1) is 17.5. The maximum atomic E-state index is 12.5. The number of amides is 1. The monoisotopic (exact) mass is 374 g/mol. The summed E-state index contributed by atoms with van der Waals surface area (Å²) in [6, 6.07) is 10.7.